The van der Waals surface area contributed by atoms with Crippen molar-refractivity contribution in [3.05, 3.63) is 185 Å². The molecule has 2 heteroatoms. The summed E-state index contributed by atoms with van der Waals surface area (Å²) in [5, 5.41) is 2.61. The third-order valence-corrected chi connectivity index (χ3v) is 13.3. The Morgan fingerprint density at radius 3 is 2.09 bits per heavy atom. The number of anilines is 3. The summed E-state index contributed by atoms with van der Waals surface area (Å²) in [4.78, 5) is 5.13. The first-order valence-electron chi connectivity index (χ1n) is 20.2. The minimum absolute atomic E-state index is 0.0139. The summed E-state index contributed by atoms with van der Waals surface area (Å²) in [5.74, 6) is 0.767. The van der Waals surface area contributed by atoms with E-state index in [1.165, 1.54) is 91.9 Å². The van der Waals surface area contributed by atoms with Gasteiger partial charge >= 0.3 is 0 Å². The molecule has 10 rings (SSSR count). The van der Waals surface area contributed by atoms with Crippen LogP contribution in [-0.4, -0.2) is 10.9 Å². The summed E-state index contributed by atoms with van der Waals surface area (Å²) < 4.78 is 0. The van der Waals surface area contributed by atoms with Crippen molar-refractivity contribution < 1.29 is 0 Å². The van der Waals surface area contributed by atoms with Crippen molar-refractivity contribution in [2.24, 2.45) is 5.92 Å². The Hall–Kier alpha value is -5.34. The lowest BCUT2D eigenvalue weighted by molar-refractivity contribution is 0.315. The van der Waals surface area contributed by atoms with Gasteiger partial charge in [-0.2, -0.15) is 0 Å². The average molecular weight is 703 g/mol. The van der Waals surface area contributed by atoms with Crippen LogP contribution in [0.2, 0.25) is 0 Å². The predicted molar refractivity (Wildman–Crippen MR) is 228 cm³/mol. The number of fused-ring (bicyclic) bond motifs is 8. The van der Waals surface area contributed by atoms with Crippen molar-refractivity contribution in [3.8, 4) is 11.1 Å². The maximum atomic E-state index is 2.68. The summed E-state index contributed by atoms with van der Waals surface area (Å²) in [5.41, 5.74) is 14.9. The first kappa shape index (κ1) is 33.2. The Bertz CT molecular complexity index is 2400. The number of hydrogen-bond donors (Lipinski definition) is 0. The first-order chi connectivity index (χ1) is 26.3. The van der Waals surface area contributed by atoms with Gasteiger partial charge in [0.15, 0.2) is 0 Å². The van der Waals surface area contributed by atoms with Gasteiger partial charge in [0.1, 0.15) is 0 Å². The zero-order valence-corrected chi connectivity index (χ0v) is 32.1. The fourth-order valence-electron chi connectivity index (χ4n) is 10.6. The zero-order chi connectivity index (χ0) is 36.6. The summed E-state index contributed by atoms with van der Waals surface area (Å²) in [6.07, 6.45) is 25.4. The quantitative estimate of drug-likeness (QED) is 0.163. The molecule has 5 aromatic rings. The molecule has 0 fully saturated rings. The van der Waals surface area contributed by atoms with E-state index in [4.69, 9.17) is 0 Å². The number of benzene rings is 5. The van der Waals surface area contributed by atoms with E-state index < -0.39 is 0 Å². The number of nitrogens with zero attached hydrogens (tertiary/aromatic N) is 2. The Labute approximate surface area is 321 Å². The summed E-state index contributed by atoms with van der Waals surface area (Å²) in [6, 6.07) is 39.0. The molecule has 0 bridgehead atoms. The molecule has 54 heavy (non-hydrogen) atoms. The lowest BCUT2D eigenvalue weighted by Crippen LogP contribution is -2.36. The normalized spacial score (nSPS) is 22.6. The molecule has 5 aliphatic rings. The van der Waals surface area contributed by atoms with Crippen molar-refractivity contribution in [2.45, 2.75) is 82.6 Å². The molecule has 0 amide bonds. The van der Waals surface area contributed by atoms with E-state index >= 15 is 0 Å². The maximum Gasteiger partial charge on any atom is 0.0543 e. The predicted octanol–water partition coefficient (Wildman–Crippen LogP) is 13.7. The van der Waals surface area contributed by atoms with Crippen LogP contribution in [0.25, 0.3) is 21.9 Å². The third kappa shape index (κ3) is 5.06. The van der Waals surface area contributed by atoms with Gasteiger partial charge in [-0.3, -0.25) is 0 Å². The molecular weight excluding hydrogens is 653 g/mol. The largest absolute Gasteiger partial charge is 0.339 e. The minimum Gasteiger partial charge on any atom is -0.339 e. The number of para-hydroxylation sites is 2. The molecule has 0 aromatic heterocycles. The zero-order valence-electron chi connectivity index (χ0n) is 32.1. The van der Waals surface area contributed by atoms with Crippen LogP contribution in [-0.2, 0) is 10.8 Å². The maximum absolute atomic E-state index is 2.68. The van der Waals surface area contributed by atoms with Crippen LogP contribution in [0, 0.1) is 5.92 Å². The van der Waals surface area contributed by atoms with Gasteiger partial charge in [0.25, 0.3) is 0 Å². The molecule has 0 saturated heterocycles. The highest BCUT2D eigenvalue weighted by Crippen LogP contribution is 2.60. The second kappa shape index (κ2) is 12.6. The van der Waals surface area contributed by atoms with Gasteiger partial charge in [0.2, 0.25) is 0 Å². The van der Waals surface area contributed by atoms with E-state index in [-0.39, 0.29) is 10.8 Å². The summed E-state index contributed by atoms with van der Waals surface area (Å²) in [6.45, 7) is 9.91. The molecule has 268 valence electrons. The van der Waals surface area contributed by atoms with Crippen molar-refractivity contribution >= 4 is 27.8 Å². The topological polar surface area (TPSA) is 6.48 Å². The standard InChI is InChI=1S/C52H50N2/c1-51(2)45-31-39(53(35-19-9-5-10-20-35)36-21-11-6-12-22-36)29-30-40(45)43-32-47-44(33-46(43)51)50-42-28-18-17-27-41(42)49(34-48(50)52(47,3)4)54(37-23-13-7-14-24-37)38-25-15-8-16-26-38/h5,7-9,11,13-19,21,23-34,36,40,45H,6,10,12,20,22H2,1-4H3. The summed E-state index contributed by atoms with van der Waals surface area (Å²) >= 11 is 0. The van der Waals surface area contributed by atoms with Gasteiger partial charge in [-0.15, -0.1) is 0 Å². The smallest absolute Gasteiger partial charge is 0.0543 e. The van der Waals surface area contributed by atoms with Crippen LogP contribution >= 0.6 is 0 Å². The number of rotatable bonds is 6. The van der Waals surface area contributed by atoms with Crippen LogP contribution in [0.1, 0.15) is 88.0 Å². The molecule has 0 radical (unpaired) electrons. The molecule has 5 aromatic carbocycles. The molecule has 3 unspecified atom stereocenters. The second-order valence-electron chi connectivity index (χ2n) is 17.1. The van der Waals surface area contributed by atoms with Gasteiger partial charge in [-0.1, -0.05) is 131 Å². The molecule has 0 heterocycles. The Kier molecular flexibility index (Phi) is 7.77. The van der Waals surface area contributed by atoms with Crippen LogP contribution in [0.4, 0.5) is 17.1 Å². The van der Waals surface area contributed by atoms with E-state index in [1.807, 2.05) is 0 Å². The van der Waals surface area contributed by atoms with Crippen molar-refractivity contribution in [1.82, 2.24) is 4.90 Å². The van der Waals surface area contributed by atoms with E-state index in [2.05, 4.69) is 189 Å². The molecule has 0 aliphatic heterocycles. The average Bonchev–Trinajstić information content (AvgIpc) is 3.57. The van der Waals surface area contributed by atoms with E-state index in [0.717, 1.165) is 12.8 Å². The molecule has 0 spiro atoms. The molecule has 3 atom stereocenters. The van der Waals surface area contributed by atoms with Crippen molar-refractivity contribution in [3.63, 3.8) is 0 Å². The lowest BCUT2D eigenvalue weighted by Gasteiger charge is -2.40. The molecule has 5 aliphatic carbocycles. The lowest BCUT2D eigenvalue weighted by atomic mass is 9.73. The van der Waals surface area contributed by atoms with Gasteiger partial charge in [-0.25, -0.2) is 0 Å². The highest BCUT2D eigenvalue weighted by Gasteiger charge is 2.48. The Balaban J connectivity index is 1.11. The van der Waals surface area contributed by atoms with Gasteiger partial charge in [0.05, 0.1) is 11.7 Å². The van der Waals surface area contributed by atoms with Crippen molar-refractivity contribution in [2.75, 3.05) is 4.90 Å². The van der Waals surface area contributed by atoms with Crippen LogP contribution < -0.4 is 4.90 Å². The van der Waals surface area contributed by atoms with Gasteiger partial charge < -0.3 is 9.80 Å². The third-order valence-electron chi connectivity index (χ3n) is 13.3. The fraction of sp³-hybridized carbons (Fsp3) is 0.269. The number of allylic oxidation sites excluding steroid dienone is 8. The summed E-state index contributed by atoms with van der Waals surface area (Å²) in [7, 11) is 0. The molecule has 0 saturated carbocycles. The highest BCUT2D eigenvalue weighted by atomic mass is 15.2. The van der Waals surface area contributed by atoms with E-state index in [0.29, 0.717) is 17.9 Å². The first-order valence-corrected chi connectivity index (χ1v) is 20.2. The van der Waals surface area contributed by atoms with Crippen LogP contribution in [0.15, 0.2) is 163 Å². The molecular formula is C52H50N2. The monoisotopic (exact) mass is 702 g/mol. The number of hydrogen-bond acceptors (Lipinski definition) is 2. The highest BCUT2D eigenvalue weighted by molar-refractivity contribution is 6.10. The minimum atomic E-state index is -0.162. The van der Waals surface area contributed by atoms with Gasteiger partial charge in [0, 0.05) is 39.5 Å². The SMILES string of the molecule is CC1(C)c2cc3c(cc2-c2c1cc(N(c1ccccc1)c1ccccc1)c1ccccc21)C(C)(C)C1C=C(N(C2=CC=CCC2)C2C=CCCC2)C=CC31. The van der Waals surface area contributed by atoms with Gasteiger partial charge in [-0.05, 0) is 131 Å². The Morgan fingerprint density at radius 1 is 0.685 bits per heavy atom. The van der Waals surface area contributed by atoms with E-state index in [9.17, 15) is 0 Å². The molecule has 2 nitrogen and oxygen atoms in total. The molecule has 0 N–H and O–H groups in total. The second-order valence-corrected chi connectivity index (χ2v) is 17.1. The van der Waals surface area contributed by atoms with Crippen LogP contribution in [0.5, 0.6) is 0 Å². The Morgan fingerprint density at radius 2 is 1.41 bits per heavy atom. The fourth-order valence-corrected chi connectivity index (χ4v) is 10.6. The van der Waals surface area contributed by atoms with Crippen LogP contribution in [0.3, 0.4) is 0 Å². The van der Waals surface area contributed by atoms with E-state index in [1.54, 1.807) is 0 Å². The van der Waals surface area contributed by atoms with Crippen molar-refractivity contribution in [1.29, 1.82) is 0 Å².